The largest absolute Gasteiger partial charge is 0.455 e. The summed E-state index contributed by atoms with van der Waals surface area (Å²) in [6, 6.07) is 30.3. The number of benzene rings is 4. The molecule has 0 atom stereocenters. The van der Waals surface area contributed by atoms with E-state index in [0.29, 0.717) is 0 Å². The number of nitrogens with zero attached hydrogens (tertiary/aromatic N) is 3. The predicted molar refractivity (Wildman–Crippen MR) is 166 cm³/mol. The van der Waals surface area contributed by atoms with Gasteiger partial charge in [-0.2, -0.15) is 0 Å². The summed E-state index contributed by atoms with van der Waals surface area (Å²) in [4.78, 5) is 0. The molecule has 4 nitrogen and oxygen atoms in total. The Kier molecular flexibility index (Phi) is 5.24. The van der Waals surface area contributed by atoms with Crippen LogP contribution in [0.1, 0.15) is 52.7 Å². The van der Waals surface area contributed by atoms with Gasteiger partial charge in [0, 0.05) is 33.5 Å². The van der Waals surface area contributed by atoms with E-state index in [1.807, 2.05) is 12.1 Å². The van der Waals surface area contributed by atoms with Gasteiger partial charge >= 0.3 is 0 Å². The van der Waals surface area contributed by atoms with E-state index < -0.39 is 0 Å². The normalized spacial score (nSPS) is 12.8. The molecule has 3 heterocycles. The first kappa shape index (κ1) is 24.6. The first-order chi connectivity index (χ1) is 19.1. The molecule has 40 heavy (non-hydrogen) atoms. The van der Waals surface area contributed by atoms with Crippen molar-refractivity contribution in [1.82, 2.24) is 14.6 Å². The minimum Gasteiger partial charge on any atom is -0.455 e. The van der Waals surface area contributed by atoms with Crippen LogP contribution in [-0.4, -0.2) is 14.6 Å². The van der Waals surface area contributed by atoms with Crippen molar-refractivity contribution < 1.29 is 4.42 Å². The van der Waals surface area contributed by atoms with Crippen LogP contribution in [0.15, 0.2) is 95.5 Å². The molecule has 0 fully saturated rings. The van der Waals surface area contributed by atoms with Crippen LogP contribution in [0, 0.1) is 0 Å². The molecule has 198 valence electrons. The number of hydrogen-bond donors (Lipinski definition) is 0. The maximum absolute atomic E-state index is 6.55. The van der Waals surface area contributed by atoms with Crippen LogP contribution in [0.3, 0.4) is 0 Å². The van der Waals surface area contributed by atoms with Crippen LogP contribution < -0.4 is 0 Å². The van der Waals surface area contributed by atoms with Crippen molar-refractivity contribution in [3.63, 3.8) is 0 Å². The minimum atomic E-state index is -0.00266. The Morgan fingerprint density at radius 1 is 0.625 bits per heavy atom. The third kappa shape index (κ3) is 3.90. The number of hydrogen-bond acceptors (Lipinski definition) is 3. The summed E-state index contributed by atoms with van der Waals surface area (Å²) in [5.41, 5.74) is 8.64. The van der Waals surface area contributed by atoms with Crippen molar-refractivity contribution in [2.45, 2.75) is 52.4 Å². The van der Waals surface area contributed by atoms with Gasteiger partial charge in [0.25, 0.3) is 0 Å². The Morgan fingerprint density at radius 2 is 1.32 bits per heavy atom. The lowest BCUT2D eigenvalue weighted by atomic mass is 9.83. The standard InChI is InChI=1S/C36H33N3O/c1-35(2,3)25-15-16-31-29(19-25)30-21-26(36(4,5)6)20-28(32(30)40-31)23-11-13-24(14-12-23)33-37-38-34-27-10-8-7-9-22(27)17-18-39(33)34/h7-21H,1-6H3. The molecule has 0 saturated carbocycles. The van der Waals surface area contributed by atoms with Crippen LogP contribution in [-0.2, 0) is 10.8 Å². The zero-order valence-corrected chi connectivity index (χ0v) is 23.9. The Morgan fingerprint density at radius 3 is 2.08 bits per heavy atom. The second kappa shape index (κ2) is 8.53. The van der Waals surface area contributed by atoms with Gasteiger partial charge < -0.3 is 4.42 Å². The van der Waals surface area contributed by atoms with Crippen LogP contribution in [0.5, 0.6) is 0 Å². The predicted octanol–water partition coefficient (Wildman–Crippen LogP) is 9.71. The number of fused-ring (bicyclic) bond motifs is 6. The van der Waals surface area contributed by atoms with Gasteiger partial charge in [0.2, 0.25) is 0 Å². The molecule has 0 radical (unpaired) electrons. The molecule has 0 N–H and O–H groups in total. The van der Waals surface area contributed by atoms with Gasteiger partial charge in [-0.05, 0) is 63.2 Å². The van der Waals surface area contributed by atoms with Crippen LogP contribution in [0.4, 0.5) is 0 Å². The minimum absolute atomic E-state index is 0.00266. The van der Waals surface area contributed by atoms with E-state index in [2.05, 4.69) is 135 Å². The first-order valence-electron chi connectivity index (χ1n) is 13.9. The molecule has 0 bridgehead atoms. The topological polar surface area (TPSA) is 43.3 Å². The second-order valence-electron chi connectivity index (χ2n) is 12.9. The van der Waals surface area contributed by atoms with Gasteiger partial charge in [-0.15, -0.1) is 10.2 Å². The van der Waals surface area contributed by atoms with E-state index in [1.165, 1.54) is 21.9 Å². The fraction of sp³-hybridized carbons (Fsp3) is 0.222. The first-order valence-corrected chi connectivity index (χ1v) is 13.9. The van der Waals surface area contributed by atoms with Crippen molar-refractivity contribution in [3.8, 4) is 22.5 Å². The summed E-state index contributed by atoms with van der Waals surface area (Å²) < 4.78 is 8.62. The number of furan rings is 1. The highest BCUT2D eigenvalue weighted by molar-refractivity contribution is 6.10. The van der Waals surface area contributed by atoms with Gasteiger partial charge in [0.05, 0.1) is 0 Å². The van der Waals surface area contributed by atoms with Gasteiger partial charge in [-0.25, -0.2) is 0 Å². The molecule has 0 amide bonds. The van der Waals surface area contributed by atoms with E-state index in [-0.39, 0.29) is 10.8 Å². The lowest BCUT2D eigenvalue weighted by molar-refractivity contribution is 0.590. The van der Waals surface area contributed by atoms with Gasteiger partial charge in [0.1, 0.15) is 11.2 Å². The van der Waals surface area contributed by atoms with Crippen molar-refractivity contribution in [1.29, 1.82) is 0 Å². The van der Waals surface area contributed by atoms with E-state index in [9.17, 15) is 0 Å². The summed E-state index contributed by atoms with van der Waals surface area (Å²) in [6.45, 7) is 13.6. The summed E-state index contributed by atoms with van der Waals surface area (Å²) in [5, 5.41) is 13.7. The molecule has 0 aliphatic rings. The smallest absolute Gasteiger partial charge is 0.168 e. The maximum atomic E-state index is 6.55. The van der Waals surface area contributed by atoms with Crippen molar-refractivity contribution in [3.05, 3.63) is 102 Å². The van der Waals surface area contributed by atoms with E-state index in [1.54, 1.807) is 0 Å². The summed E-state index contributed by atoms with van der Waals surface area (Å²) in [7, 11) is 0. The SMILES string of the molecule is CC(C)(C)c1ccc2oc3c(-c4ccc(-c5nnc6c7ccccc7ccn56)cc4)cc(C(C)(C)C)cc3c2c1. The quantitative estimate of drug-likeness (QED) is 0.226. The number of pyridine rings is 1. The average Bonchev–Trinajstić information content (AvgIpc) is 3.53. The van der Waals surface area contributed by atoms with Gasteiger partial charge in [-0.3, -0.25) is 4.40 Å². The Labute approximate surface area is 234 Å². The van der Waals surface area contributed by atoms with Crippen molar-refractivity contribution >= 4 is 38.4 Å². The lowest BCUT2D eigenvalue weighted by Gasteiger charge is -2.21. The Bertz CT molecular complexity index is 2060. The summed E-state index contributed by atoms with van der Waals surface area (Å²) in [6.07, 6.45) is 2.05. The lowest BCUT2D eigenvalue weighted by Crippen LogP contribution is -2.11. The number of aromatic nitrogens is 3. The van der Waals surface area contributed by atoms with Gasteiger partial charge in [0.15, 0.2) is 11.5 Å². The molecule has 0 aliphatic heterocycles. The van der Waals surface area contributed by atoms with Crippen LogP contribution in [0.25, 0.3) is 60.9 Å². The van der Waals surface area contributed by atoms with E-state index in [4.69, 9.17) is 4.42 Å². The summed E-state index contributed by atoms with van der Waals surface area (Å²) in [5.74, 6) is 0.833. The van der Waals surface area contributed by atoms with Crippen molar-refractivity contribution in [2.75, 3.05) is 0 Å². The molecule has 0 saturated heterocycles. The monoisotopic (exact) mass is 523 g/mol. The third-order valence-corrected chi connectivity index (χ3v) is 8.06. The molecule has 0 aliphatic carbocycles. The fourth-order valence-corrected chi connectivity index (χ4v) is 5.60. The Balaban J connectivity index is 1.39. The molecule has 4 heteroatoms. The molecule has 3 aromatic heterocycles. The third-order valence-electron chi connectivity index (χ3n) is 8.06. The van der Waals surface area contributed by atoms with Crippen LogP contribution >= 0.6 is 0 Å². The highest BCUT2D eigenvalue weighted by atomic mass is 16.3. The Hall–Kier alpha value is -4.44. The molecule has 0 unspecified atom stereocenters. The molecule has 7 rings (SSSR count). The summed E-state index contributed by atoms with van der Waals surface area (Å²) >= 11 is 0. The average molecular weight is 524 g/mol. The zero-order valence-electron chi connectivity index (χ0n) is 23.9. The van der Waals surface area contributed by atoms with Crippen LogP contribution in [0.2, 0.25) is 0 Å². The zero-order chi connectivity index (χ0) is 27.8. The van der Waals surface area contributed by atoms with E-state index >= 15 is 0 Å². The van der Waals surface area contributed by atoms with Crippen molar-refractivity contribution in [2.24, 2.45) is 0 Å². The highest BCUT2D eigenvalue weighted by Gasteiger charge is 2.22. The second-order valence-corrected chi connectivity index (χ2v) is 12.9. The van der Waals surface area contributed by atoms with Gasteiger partial charge in [-0.1, -0.05) is 96.1 Å². The molecule has 0 spiro atoms. The number of rotatable bonds is 2. The fourth-order valence-electron chi connectivity index (χ4n) is 5.60. The highest BCUT2D eigenvalue weighted by Crippen LogP contribution is 2.41. The molecule has 7 aromatic rings. The maximum Gasteiger partial charge on any atom is 0.168 e. The molecular formula is C36H33N3O. The molecular weight excluding hydrogens is 490 g/mol. The van der Waals surface area contributed by atoms with E-state index in [0.717, 1.165) is 50.1 Å². The molecule has 4 aromatic carbocycles.